The number of aryl methyl sites for hydroxylation is 1. The molecule has 9 heteroatoms. The number of nitrogens with two attached hydrogens (primary N) is 1. The second-order valence-electron chi connectivity index (χ2n) is 7.00. The highest BCUT2D eigenvalue weighted by Crippen LogP contribution is 2.31. The van der Waals surface area contributed by atoms with E-state index >= 15 is 0 Å². The lowest BCUT2D eigenvalue weighted by atomic mass is 10.2. The number of rotatable bonds is 5. The molecule has 1 unspecified atom stereocenters. The summed E-state index contributed by atoms with van der Waals surface area (Å²) in [6.45, 7) is 2.60. The van der Waals surface area contributed by atoms with Crippen molar-refractivity contribution in [3.8, 4) is 5.75 Å². The summed E-state index contributed by atoms with van der Waals surface area (Å²) in [6, 6.07) is 13.1. The highest BCUT2D eigenvalue weighted by Gasteiger charge is 2.16. The molecule has 4 rings (SSSR count). The minimum absolute atomic E-state index is 0.188. The molecule has 3 aromatic rings. The Labute approximate surface area is 173 Å². The first-order valence-electron chi connectivity index (χ1n) is 9.44. The topological polar surface area (TPSA) is 134 Å². The molecule has 0 radical (unpaired) electrons. The van der Waals surface area contributed by atoms with E-state index in [2.05, 4.69) is 25.9 Å². The van der Waals surface area contributed by atoms with Crippen molar-refractivity contribution >= 4 is 34.7 Å². The first kappa shape index (κ1) is 19.5. The fraction of sp³-hybridized carbons (Fsp3) is 0.190. The van der Waals surface area contributed by atoms with Crippen LogP contribution in [0, 0.1) is 6.92 Å². The summed E-state index contributed by atoms with van der Waals surface area (Å²) in [6.07, 6.45) is 0.811. The fourth-order valence-corrected chi connectivity index (χ4v) is 3.05. The van der Waals surface area contributed by atoms with E-state index in [1.165, 1.54) is 6.20 Å². The van der Waals surface area contributed by atoms with Crippen LogP contribution in [0.3, 0.4) is 0 Å². The van der Waals surface area contributed by atoms with Crippen LogP contribution in [-0.4, -0.2) is 40.2 Å². The number of hydrogen-bond acceptors (Lipinski definition) is 8. The maximum Gasteiger partial charge on any atom is 0.254 e. The van der Waals surface area contributed by atoms with Gasteiger partial charge in [0.25, 0.3) is 5.91 Å². The van der Waals surface area contributed by atoms with Gasteiger partial charge in [0.2, 0.25) is 5.95 Å². The zero-order chi connectivity index (χ0) is 21.1. The van der Waals surface area contributed by atoms with Crippen molar-refractivity contribution < 1.29 is 14.6 Å². The molecule has 0 bridgehead atoms. The number of anilines is 5. The molecule has 30 heavy (non-hydrogen) atoms. The molecule has 1 amide bonds. The first-order chi connectivity index (χ1) is 14.5. The Morgan fingerprint density at radius 3 is 2.87 bits per heavy atom. The van der Waals surface area contributed by atoms with Crippen LogP contribution in [-0.2, 0) is 0 Å². The Morgan fingerprint density at radius 1 is 1.23 bits per heavy atom. The molecular weight excluding hydrogens is 384 g/mol. The average molecular weight is 406 g/mol. The van der Waals surface area contributed by atoms with Gasteiger partial charge < -0.3 is 31.5 Å². The molecule has 9 nitrogen and oxygen atoms in total. The van der Waals surface area contributed by atoms with Gasteiger partial charge in [-0.25, -0.2) is 4.98 Å². The second kappa shape index (κ2) is 8.26. The van der Waals surface area contributed by atoms with Crippen molar-refractivity contribution in [2.45, 2.75) is 13.0 Å². The number of ether oxygens (including phenoxy) is 1. The maximum atomic E-state index is 11.8. The summed E-state index contributed by atoms with van der Waals surface area (Å²) in [7, 11) is 0. The number of carbonyl (C=O) groups is 1. The summed E-state index contributed by atoms with van der Waals surface area (Å²) in [5.41, 5.74) is 8.99. The van der Waals surface area contributed by atoms with Gasteiger partial charge in [0.15, 0.2) is 0 Å². The Balaban J connectivity index is 1.60. The van der Waals surface area contributed by atoms with Crippen LogP contribution in [0.4, 0.5) is 28.8 Å². The van der Waals surface area contributed by atoms with E-state index in [1.54, 1.807) is 6.07 Å². The van der Waals surface area contributed by atoms with E-state index < -0.39 is 12.0 Å². The van der Waals surface area contributed by atoms with Gasteiger partial charge in [-0.1, -0.05) is 12.1 Å². The van der Waals surface area contributed by atoms with Crippen LogP contribution in [0.2, 0.25) is 0 Å². The number of nitrogens with one attached hydrogen (secondary N) is 3. The summed E-state index contributed by atoms with van der Waals surface area (Å²) < 4.78 is 5.57. The lowest BCUT2D eigenvalue weighted by Crippen LogP contribution is -2.23. The zero-order valence-electron chi connectivity index (χ0n) is 16.3. The van der Waals surface area contributed by atoms with Crippen LogP contribution in [0.5, 0.6) is 5.75 Å². The van der Waals surface area contributed by atoms with Crippen molar-refractivity contribution in [2.24, 2.45) is 5.73 Å². The van der Waals surface area contributed by atoms with E-state index in [1.807, 2.05) is 43.3 Å². The van der Waals surface area contributed by atoms with Gasteiger partial charge in [-0.05, 0) is 42.8 Å². The molecule has 2 heterocycles. The van der Waals surface area contributed by atoms with Crippen LogP contribution < -0.4 is 26.4 Å². The van der Waals surface area contributed by atoms with Gasteiger partial charge >= 0.3 is 0 Å². The molecule has 1 atom stereocenters. The summed E-state index contributed by atoms with van der Waals surface area (Å²) in [4.78, 5) is 20.4. The Morgan fingerprint density at radius 2 is 2.07 bits per heavy atom. The smallest absolute Gasteiger partial charge is 0.254 e. The number of hydrogen-bond donors (Lipinski definition) is 5. The standard InChI is InChI=1S/C21H22N6O3/c1-12-3-2-4-13(7-12)25-20-16(19(22)29)10-24-21(27-20)26-14-5-6-18-17(8-14)23-9-15(28)11-30-18/h2-8,10,15,23,28H,9,11H2,1H3,(H2,22,29)(H2,24,25,26,27). The summed E-state index contributed by atoms with van der Waals surface area (Å²) in [5.74, 6) is 0.639. The highest BCUT2D eigenvalue weighted by atomic mass is 16.5. The number of amides is 1. The lowest BCUT2D eigenvalue weighted by Gasteiger charge is -2.13. The summed E-state index contributed by atoms with van der Waals surface area (Å²) >= 11 is 0. The van der Waals surface area contributed by atoms with Crippen LogP contribution >= 0.6 is 0 Å². The molecule has 0 saturated heterocycles. The second-order valence-corrected chi connectivity index (χ2v) is 7.00. The maximum absolute atomic E-state index is 11.8. The van der Waals surface area contributed by atoms with Gasteiger partial charge in [-0.15, -0.1) is 0 Å². The van der Waals surface area contributed by atoms with Gasteiger partial charge in [0, 0.05) is 24.1 Å². The number of β-amino-alcohol motifs (C(OH)–C–C–N with tert-alkyl or cyclic N) is 1. The van der Waals surface area contributed by atoms with E-state index in [0.717, 1.165) is 22.6 Å². The van der Waals surface area contributed by atoms with Gasteiger partial charge in [-0.3, -0.25) is 4.79 Å². The highest BCUT2D eigenvalue weighted by molar-refractivity contribution is 5.98. The van der Waals surface area contributed by atoms with Crippen LogP contribution in [0.25, 0.3) is 0 Å². The molecule has 0 saturated carbocycles. The van der Waals surface area contributed by atoms with Crippen molar-refractivity contribution in [2.75, 3.05) is 29.1 Å². The molecule has 0 spiro atoms. The van der Waals surface area contributed by atoms with E-state index in [4.69, 9.17) is 10.5 Å². The number of carbonyl (C=O) groups excluding carboxylic acids is 1. The molecular formula is C21H22N6O3. The Bertz CT molecular complexity index is 1090. The number of benzene rings is 2. The number of fused-ring (bicyclic) bond motifs is 1. The van der Waals surface area contributed by atoms with Crippen molar-refractivity contribution in [3.63, 3.8) is 0 Å². The fourth-order valence-electron chi connectivity index (χ4n) is 3.05. The largest absolute Gasteiger partial charge is 0.489 e. The number of primary amides is 1. The van der Waals surface area contributed by atoms with Gasteiger partial charge in [0.05, 0.1) is 5.69 Å². The predicted molar refractivity (Wildman–Crippen MR) is 115 cm³/mol. The minimum Gasteiger partial charge on any atom is -0.489 e. The van der Waals surface area contributed by atoms with E-state index in [-0.39, 0.29) is 12.2 Å². The van der Waals surface area contributed by atoms with E-state index in [0.29, 0.717) is 24.1 Å². The minimum atomic E-state index is -0.623. The number of aromatic nitrogens is 2. The predicted octanol–water partition coefficient (Wildman–Crippen LogP) is 2.54. The third kappa shape index (κ3) is 4.41. The van der Waals surface area contributed by atoms with Crippen molar-refractivity contribution in [3.05, 3.63) is 59.8 Å². The molecule has 154 valence electrons. The number of nitrogens with zero attached hydrogens (tertiary/aromatic N) is 2. The Hall–Kier alpha value is -3.85. The third-order valence-corrected chi connectivity index (χ3v) is 4.53. The van der Waals surface area contributed by atoms with Gasteiger partial charge in [0.1, 0.15) is 29.8 Å². The first-order valence-corrected chi connectivity index (χ1v) is 9.44. The monoisotopic (exact) mass is 406 g/mol. The lowest BCUT2D eigenvalue weighted by molar-refractivity contribution is 0.100. The number of aliphatic hydroxyl groups is 1. The van der Waals surface area contributed by atoms with Crippen LogP contribution in [0.15, 0.2) is 48.7 Å². The molecule has 1 aromatic heterocycles. The summed E-state index contributed by atoms with van der Waals surface area (Å²) in [5, 5.41) is 19.1. The molecule has 6 N–H and O–H groups in total. The van der Waals surface area contributed by atoms with Crippen molar-refractivity contribution in [1.82, 2.24) is 9.97 Å². The van der Waals surface area contributed by atoms with Crippen LogP contribution in [0.1, 0.15) is 15.9 Å². The third-order valence-electron chi connectivity index (χ3n) is 4.53. The van der Waals surface area contributed by atoms with E-state index in [9.17, 15) is 9.90 Å². The molecule has 1 aliphatic rings. The quantitative estimate of drug-likeness (QED) is 0.436. The molecule has 0 aliphatic carbocycles. The Kier molecular flexibility index (Phi) is 5.36. The normalized spacial score (nSPS) is 15.2. The molecule has 2 aromatic carbocycles. The zero-order valence-corrected chi connectivity index (χ0v) is 16.3. The van der Waals surface area contributed by atoms with Crippen molar-refractivity contribution in [1.29, 1.82) is 0 Å². The number of aliphatic hydroxyl groups excluding tert-OH is 1. The molecule has 1 aliphatic heterocycles. The SMILES string of the molecule is Cc1cccc(Nc2nc(Nc3ccc4c(c3)NCC(O)CO4)ncc2C(N)=O)c1. The van der Waals surface area contributed by atoms with Gasteiger partial charge in [-0.2, -0.15) is 4.98 Å². The molecule has 0 fully saturated rings. The average Bonchev–Trinajstić information content (AvgIpc) is 2.89.